The third kappa shape index (κ3) is 11.8. The minimum absolute atomic E-state index is 0.0123. The summed E-state index contributed by atoms with van der Waals surface area (Å²) in [5.74, 6) is -0.507. The number of hydrogen-bond donors (Lipinski definition) is 1. The van der Waals surface area contributed by atoms with Crippen molar-refractivity contribution in [1.82, 2.24) is 0 Å². The van der Waals surface area contributed by atoms with Crippen molar-refractivity contribution in [1.29, 1.82) is 0 Å². The van der Waals surface area contributed by atoms with Gasteiger partial charge in [0.2, 0.25) is 0 Å². The summed E-state index contributed by atoms with van der Waals surface area (Å²) in [6.45, 7) is 0.538. The fourth-order valence-electron chi connectivity index (χ4n) is 2.98. The molecule has 0 saturated carbocycles. The Bertz CT molecular complexity index is 773. The van der Waals surface area contributed by atoms with E-state index in [1.807, 2.05) is 18.2 Å². The number of methoxy groups -OCH3 is 1. The number of carboxylic acids is 1. The van der Waals surface area contributed by atoms with E-state index >= 15 is 0 Å². The van der Waals surface area contributed by atoms with E-state index in [9.17, 15) is 18.0 Å². The standard InChI is InChI=1S/C21H32O8S/c1-27-21(24)12-8-15-28-19-11-7-10-17(18(19)13-14-20(22)23)9-5-3-4-6-16-29-30(2,25)26/h7,10-11H,3-6,8-9,12-16H2,1-2H3,(H,22,23). The minimum atomic E-state index is -3.39. The number of esters is 1. The average Bonchev–Trinajstić information content (AvgIpc) is 2.68. The van der Waals surface area contributed by atoms with Gasteiger partial charge >= 0.3 is 11.9 Å². The largest absolute Gasteiger partial charge is 0.493 e. The summed E-state index contributed by atoms with van der Waals surface area (Å²) in [4.78, 5) is 22.3. The van der Waals surface area contributed by atoms with E-state index in [4.69, 9.17) is 14.0 Å². The molecule has 0 bridgehead atoms. The van der Waals surface area contributed by atoms with Crippen LogP contribution in [0.4, 0.5) is 0 Å². The quantitative estimate of drug-likeness (QED) is 0.235. The highest BCUT2D eigenvalue weighted by molar-refractivity contribution is 7.85. The van der Waals surface area contributed by atoms with Crippen LogP contribution in [0.1, 0.15) is 56.1 Å². The van der Waals surface area contributed by atoms with Crippen LogP contribution in [-0.4, -0.2) is 52.0 Å². The number of aryl methyl sites for hydroxylation is 1. The van der Waals surface area contributed by atoms with Gasteiger partial charge in [-0.25, -0.2) is 0 Å². The SMILES string of the molecule is COC(=O)CCCOc1cccc(CCCCCCOS(C)(=O)=O)c1CCC(=O)O. The summed E-state index contributed by atoms with van der Waals surface area (Å²) in [6, 6.07) is 5.68. The highest BCUT2D eigenvalue weighted by Crippen LogP contribution is 2.26. The van der Waals surface area contributed by atoms with E-state index < -0.39 is 16.1 Å². The molecule has 0 aliphatic rings. The van der Waals surface area contributed by atoms with Crippen LogP contribution in [0.2, 0.25) is 0 Å². The van der Waals surface area contributed by atoms with Gasteiger partial charge in [-0.2, -0.15) is 8.42 Å². The Morgan fingerprint density at radius 2 is 1.70 bits per heavy atom. The van der Waals surface area contributed by atoms with E-state index in [2.05, 4.69) is 4.74 Å². The fraction of sp³-hybridized carbons (Fsp3) is 0.619. The molecule has 9 heteroatoms. The van der Waals surface area contributed by atoms with Crippen LogP contribution in [0.15, 0.2) is 18.2 Å². The van der Waals surface area contributed by atoms with E-state index in [-0.39, 0.29) is 25.4 Å². The lowest BCUT2D eigenvalue weighted by atomic mass is 9.97. The summed E-state index contributed by atoms with van der Waals surface area (Å²) in [5.41, 5.74) is 1.94. The lowest BCUT2D eigenvalue weighted by Crippen LogP contribution is -2.08. The molecule has 0 spiro atoms. The predicted octanol–water partition coefficient (Wildman–Crippen LogP) is 3.11. The van der Waals surface area contributed by atoms with Crippen molar-refractivity contribution in [3.63, 3.8) is 0 Å². The van der Waals surface area contributed by atoms with Gasteiger partial charge in [0.05, 0.1) is 26.6 Å². The van der Waals surface area contributed by atoms with Gasteiger partial charge < -0.3 is 14.6 Å². The van der Waals surface area contributed by atoms with Crippen molar-refractivity contribution >= 4 is 22.1 Å². The molecule has 0 aliphatic heterocycles. The molecule has 0 heterocycles. The first kappa shape index (κ1) is 25.9. The summed E-state index contributed by atoms with van der Waals surface area (Å²) in [5, 5.41) is 9.07. The van der Waals surface area contributed by atoms with Crippen molar-refractivity contribution < 1.29 is 36.8 Å². The Kier molecular flexibility index (Phi) is 12.1. The summed E-state index contributed by atoms with van der Waals surface area (Å²) >= 11 is 0. The Balaban J connectivity index is 2.58. The molecule has 0 fully saturated rings. The van der Waals surface area contributed by atoms with E-state index in [1.54, 1.807) is 0 Å². The van der Waals surface area contributed by atoms with Gasteiger partial charge in [0.1, 0.15) is 5.75 Å². The van der Waals surface area contributed by atoms with Gasteiger partial charge in [0.25, 0.3) is 10.1 Å². The Labute approximate surface area is 178 Å². The van der Waals surface area contributed by atoms with Gasteiger partial charge in [-0.3, -0.25) is 13.8 Å². The van der Waals surface area contributed by atoms with Crippen LogP contribution in [0.5, 0.6) is 5.75 Å². The molecule has 30 heavy (non-hydrogen) atoms. The molecule has 1 rings (SSSR count). The summed E-state index contributed by atoms with van der Waals surface area (Å²) in [6.07, 6.45) is 6.32. The minimum Gasteiger partial charge on any atom is -0.493 e. The molecule has 0 atom stereocenters. The number of benzene rings is 1. The normalized spacial score (nSPS) is 11.3. The van der Waals surface area contributed by atoms with Crippen LogP contribution in [0.25, 0.3) is 0 Å². The van der Waals surface area contributed by atoms with Crippen LogP contribution in [0.3, 0.4) is 0 Å². The molecular formula is C21H32O8S. The number of carboxylic acid groups (broad SMARTS) is 1. The lowest BCUT2D eigenvalue weighted by Gasteiger charge is -2.15. The van der Waals surface area contributed by atoms with Crippen molar-refractivity contribution in [3.05, 3.63) is 29.3 Å². The molecule has 1 N–H and O–H groups in total. The number of carbonyl (C=O) groups is 2. The Morgan fingerprint density at radius 1 is 0.967 bits per heavy atom. The first-order valence-corrected chi connectivity index (χ1v) is 11.9. The van der Waals surface area contributed by atoms with Gasteiger partial charge in [0, 0.05) is 12.8 Å². The number of unbranched alkanes of at least 4 members (excludes halogenated alkanes) is 3. The second kappa shape index (κ2) is 14.0. The molecule has 0 radical (unpaired) electrons. The van der Waals surface area contributed by atoms with E-state index in [1.165, 1.54) is 7.11 Å². The third-order valence-electron chi connectivity index (χ3n) is 4.47. The molecular weight excluding hydrogens is 412 g/mol. The second-order valence-electron chi connectivity index (χ2n) is 7.01. The lowest BCUT2D eigenvalue weighted by molar-refractivity contribution is -0.141. The van der Waals surface area contributed by atoms with E-state index in [0.717, 1.165) is 43.1 Å². The maximum atomic E-state index is 11.2. The van der Waals surface area contributed by atoms with Gasteiger partial charge in [-0.1, -0.05) is 25.0 Å². The maximum absolute atomic E-state index is 11.2. The molecule has 1 aromatic carbocycles. The number of hydrogen-bond acceptors (Lipinski definition) is 7. The van der Waals surface area contributed by atoms with Crippen molar-refractivity contribution in [2.45, 2.75) is 57.8 Å². The van der Waals surface area contributed by atoms with Crippen molar-refractivity contribution in [3.8, 4) is 5.75 Å². The van der Waals surface area contributed by atoms with Crippen molar-refractivity contribution in [2.24, 2.45) is 0 Å². The summed E-state index contributed by atoms with van der Waals surface area (Å²) in [7, 11) is -2.04. The smallest absolute Gasteiger partial charge is 0.305 e. The molecule has 0 unspecified atom stereocenters. The molecule has 0 saturated heterocycles. The van der Waals surface area contributed by atoms with Crippen LogP contribution < -0.4 is 4.74 Å². The van der Waals surface area contributed by atoms with Crippen LogP contribution in [0, 0.1) is 0 Å². The first-order chi connectivity index (χ1) is 14.2. The first-order valence-electron chi connectivity index (χ1n) is 10.1. The van der Waals surface area contributed by atoms with Crippen molar-refractivity contribution in [2.75, 3.05) is 26.6 Å². The Morgan fingerprint density at radius 3 is 2.37 bits per heavy atom. The predicted molar refractivity (Wildman–Crippen MR) is 112 cm³/mol. The maximum Gasteiger partial charge on any atom is 0.305 e. The Hall–Kier alpha value is -2.13. The molecule has 0 aliphatic carbocycles. The van der Waals surface area contributed by atoms with Crippen LogP contribution >= 0.6 is 0 Å². The van der Waals surface area contributed by atoms with E-state index in [0.29, 0.717) is 31.6 Å². The summed E-state index contributed by atoms with van der Waals surface area (Å²) < 4.78 is 37.0. The van der Waals surface area contributed by atoms with Gasteiger partial charge in [-0.05, 0) is 49.3 Å². The molecule has 8 nitrogen and oxygen atoms in total. The van der Waals surface area contributed by atoms with Gasteiger partial charge in [0.15, 0.2) is 0 Å². The topological polar surface area (TPSA) is 116 Å². The fourth-order valence-corrected chi connectivity index (χ4v) is 3.40. The average molecular weight is 445 g/mol. The zero-order valence-electron chi connectivity index (χ0n) is 17.7. The highest BCUT2D eigenvalue weighted by Gasteiger charge is 2.12. The number of rotatable bonds is 16. The monoisotopic (exact) mass is 444 g/mol. The zero-order valence-corrected chi connectivity index (χ0v) is 18.5. The zero-order chi connectivity index (χ0) is 22.4. The number of ether oxygens (including phenoxy) is 2. The third-order valence-corrected chi connectivity index (χ3v) is 5.06. The number of carbonyl (C=O) groups excluding carboxylic acids is 1. The molecule has 0 aromatic heterocycles. The molecule has 170 valence electrons. The van der Waals surface area contributed by atoms with Crippen LogP contribution in [-0.2, 0) is 41.5 Å². The molecule has 1 aromatic rings. The number of aliphatic carboxylic acids is 1. The van der Waals surface area contributed by atoms with Gasteiger partial charge in [-0.15, -0.1) is 0 Å². The highest BCUT2D eigenvalue weighted by atomic mass is 32.2. The second-order valence-corrected chi connectivity index (χ2v) is 8.65. The molecule has 0 amide bonds.